The normalized spacial score (nSPS) is 23.6. The van der Waals surface area contributed by atoms with Crippen molar-refractivity contribution in [3.8, 4) is 6.07 Å². The van der Waals surface area contributed by atoms with Crippen molar-refractivity contribution in [1.82, 2.24) is 0 Å². The molecule has 2 aliphatic carbocycles. The molecule has 158 valence electrons. The third-order valence-electron chi connectivity index (χ3n) is 7.21. The minimum absolute atomic E-state index is 0.0985. The van der Waals surface area contributed by atoms with Crippen LogP contribution in [0, 0.1) is 34.7 Å². The van der Waals surface area contributed by atoms with Crippen molar-refractivity contribution < 1.29 is 13.2 Å². The molecule has 1 unspecified atom stereocenters. The lowest BCUT2D eigenvalue weighted by Crippen LogP contribution is -2.17. The van der Waals surface area contributed by atoms with Crippen LogP contribution in [0.4, 0.5) is 13.2 Å². The zero-order valence-corrected chi connectivity index (χ0v) is 17.5. The maximum Gasteiger partial charge on any atom is 0.147 e. The van der Waals surface area contributed by atoms with Gasteiger partial charge in [-0.3, -0.25) is 0 Å². The Labute approximate surface area is 176 Å². The van der Waals surface area contributed by atoms with Crippen molar-refractivity contribution in [2.45, 2.75) is 76.5 Å². The van der Waals surface area contributed by atoms with Gasteiger partial charge in [-0.05, 0) is 97.1 Å². The van der Waals surface area contributed by atoms with Gasteiger partial charge in [0.15, 0.2) is 0 Å². The summed E-state index contributed by atoms with van der Waals surface area (Å²) in [4.78, 5) is 0. The Morgan fingerprint density at radius 3 is 2.40 bits per heavy atom. The molecule has 0 heterocycles. The highest BCUT2D eigenvalue weighted by molar-refractivity contribution is 5.44. The fourth-order valence-corrected chi connectivity index (χ4v) is 5.54. The van der Waals surface area contributed by atoms with E-state index in [4.69, 9.17) is 5.26 Å². The molecule has 0 radical (unpaired) electrons. The minimum Gasteiger partial charge on any atom is -0.207 e. The molecule has 1 nitrogen and oxygen atoms in total. The van der Waals surface area contributed by atoms with Crippen LogP contribution in [-0.2, 0) is 12.8 Å². The van der Waals surface area contributed by atoms with E-state index in [0.717, 1.165) is 24.3 Å². The largest absolute Gasteiger partial charge is 0.207 e. The molecule has 1 fully saturated rings. The van der Waals surface area contributed by atoms with Crippen molar-refractivity contribution in [3.63, 3.8) is 0 Å². The van der Waals surface area contributed by atoms with Crippen LogP contribution in [-0.4, -0.2) is 0 Å². The molecule has 0 N–H and O–H groups in total. The van der Waals surface area contributed by atoms with E-state index in [1.807, 2.05) is 6.07 Å². The number of halogens is 3. The van der Waals surface area contributed by atoms with E-state index in [-0.39, 0.29) is 11.7 Å². The van der Waals surface area contributed by atoms with Crippen LogP contribution in [0.1, 0.15) is 91.5 Å². The summed E-state index contributed by atoms with van der Waals surface area (Å²) in [7, 11) is 0. The third kappa shape index (κ3) is 4.00. The van der Waals surface area contributed by atoms with Gasteiger partial charge in [-0.2, -0.15) is 5.26 Å². The maximum atomic E-state index is 15.0. The average Bonchev–Trinajstić information content (AvgIpc) is 2.74. The summed E-state index contributed by atoms with van der Waals surface area (Å²) in [6.45, 7) is 2.23. The lowest BCUT2D eigenvalue weighted by atomic mass is 9.76. The fourth-order valence-electron chi connectivity index (χ4n) is 5.54. The Bertz CT molecular complexity index is 967. The first-order valence-corrected chi connectivity index (χ1v) is 11.2. The van der Waals surface area contributed by atoms with Crippen molar-refractivity contribution >= 4 is 0 Å². The van der Waals surface area contributed by atoms with Gasteiger partial charge in [0.05, 0.1) is 0 Å². The van der Waals surface area contributed by atoms with Crippen molar-refractivity contribution in [2.75, 3.05) is 0 Å². The van der Waals surface area contributed by atoms with Crippen LogP contribution in [0.15, 0.2) is 24.3 Å². The monoisotopic (exact) mass is 411 g/mol. The van der Waals surface area contributed by atoms with Gasteiger partial charge in [-0.25, -0.2) is 13.2 Å². The van der Waals surface area contributed by atoms with E-state index in [0.29, 0.717) is 41.9 Å². The Balaban J connectivity index is 1.50. The molecule has 2 aromatic carbocycles. The second kappa shape index (κ2) is 8.84. The van der Waals surface area contributed by atoms with E-state index < -0.39 is 17.2 Å². The number of nitrogens with zero attached hydrogens (tertiary/aromatic N) is 1. The van der Waals surface area contributed by atoms with Crippen LogP contribution < -0.4 is 0 Å². The molecule has 4 rings (SSSR count). The van der Waals surface area contributed by atoms with Crippen molar-refractivity contribution in [3.05, 3.63) is 69.5 Å². The molecule has 0 bridgehead atoms. The Kier molecular flexibility index (Phi) is 6.18. The highest BCUT2D eigenvalue weighted by Gasteiger charge is 2.28. The molecule has 0 aromatic heterocycles. The highest BCUT2D eigenvalue weighted by Crippen LogP contribution is 2.40. The summed E-state index contributed by atoms with van der Waals surface area (Å²) in [5, 5.41) is 8.96. The van der Waals surface area contributed by atoms with Crippen LogP contribution in [0.25, 0.3) is 0 Å². The van der Waals surface area contributed by atoms with Crippen molar-refractivity contribution in [1.29, 1.82) is 5.26 Å². The van der Waals surface area contributed by atoms with E-state index in [1.165, 1.54) is 31.7 Å². The second-order valence-corrected chi connectivity index (χ2v) is 9.02. The first-order valence-electron chi connectivity index (χ1n) is 11.2. The van der Waals surface area contributed by atoms with Gasteiger partial charge in [0, 0.05) is 0 Å². The molecule has 0 saturated heterocycles. The molecule has 1 saturated carbocycles. The SMILES string of the molecule is CCCC1CCC(c2ccc(C3CCc4c(cc(F)c(C#N)c4F)C3)c(F)c2)CC1. The summed E-state index contributed by atoms with van der Waals surface area (Å²) < 4.78 is 43.5. The van der Waals surface area contributed by atoms with Crippen LogP contribution >= 0.6 is 0 Å². The summed E-state index contributed by atoms with van der Waals surface area (Å²) in [6.07, 6.45) is 8.61. The predicted octanol–water partition coefficient (Wildman–Crippen LogP) is 7.32. The number of benzene rings is 2. The number of hydrogen-bond donors (Lipinski definition) is 0. The van der Waals surface area contributed by atoms with Gasteiger partial charge in [0.2, 0.25) is 0 Å². The van der Waals surface area contributed by atoms with Crippen LogP contribution in [0.2, 0.25) is 0 Å². The first-order chi connectivity index (χ1) is 14.5. The van der Waals surface area contributed by atoms with E-state index in [9.17, 15) is 8.78 Å². The van der Waals surface area contributed by atoms with E-state index in [2.05, 4.69) is 13.0 Å². The van der Waals surface area contributed by atoms with E-state index >= 15 is 4.39 Å². The molecule has 2 aliphatic rings. The Morgan fingerprint density at radius 1 is 0.967 bits per heavy atom. The van der Waals surface area contributed by atoms with Crippen LogP contribution in [0.5, 0.6) is 0 Å². The number of hydrogen-bond acceptors (Lipinski definition) is 1. The summed E-state index contributed by atoms with van der Waals surface area (Å²) >= 11 is 0. The zero-order chi connectivity index (χ0) is 21.3. The standard InChI is InChI=1S/C26H28F3N/c1-2-3-16-4-6-17(7-5-16)18-8-10-21(24(27)13-18)19-9-11-22-20(12-19)14-25(28)23(15-30)26(22)29/h8,10,13-14,16-17,19H,2-7,9,11-12H2,1H3. The Hall–Kier alpha value is -2.28. The summed E-state index contributed by atoms with van der Waals surface area (Å²) in [6, 6.07) is 8.48. The number of rotatable bonds is 4. The van der Waals surface area contributed by atoms with Gasteiger partial charge in [-0.1, -0.05) is 31.9 Å². The van der Waals surface area contributed by atoms with Gasteiger partial charge in [0.1, 0.15) is 29.1 Å². The second-order valence-electron chi connectivity index (χ2n) is 9.02. The minimum atomic E-state index is -0.830. The molecule has 1 atom stereocenters. The van der Waals surface area contributed by atoms with Crippen LogP contribution in [0.3, 0.4) is 0 Å². The summed E-state index contributed by atoms with van der Waals surface area (Å²) in [5.74, 6) is -0.629. The van der Waals surface area contributed by atoms with E-state index in [1.54, 1.807) is 12.1 Å². The van der Waals surface area contributed by atoms with Crippen molar-refractivity contribution in [2.24, 2.45) is 5.92 Å². The average molecular weight is 412 g/mol. The quantitative estimate of drug-likeness (QED) is 0.517. The molecule has 0 aliphatic heterocycles. The lowest BCUT2D eigenvalue weighted by molar-refractivity contribution is 0.308. The fraction of sp³-hybridized carbons (Fsp3) is 0.500. The highest BCUT2D eigenvalue weighted by atomic mass is 19.1. The number of nitriles is 1. The molecular formula is C26H28F3N. The third-order valence-corrected chi connectivity index (χ3v) is 7.21. The molecule has 0 spiro atoms. The molecule has 0 amide bonds. The zero-order valence-electron chi connectivity index (χ0n) is 17.5. The molecular weight excluding hydrogens is 383 g/mol. The Morgan fingerprint density at radius 2 is 1.73 bits per heavy atom. The molecule has 30 heavy (non-hydrogen) atoms. The maximum absolute atomic E-state index is 15.0. The first kappa shape index (κ1) is 21.0. The van der Waals surface area contributed by atoms with Gasteiger partial charge < -0.3 is 0 Å². The summed E-state index contributed by atoms with van der Waals surface area (Å²) in [5.41, 5.74) is 2.16. The predicted molar refractivity (Wildman–Crippen MR) is 112 cm³/mol. The lowest BCUT2D eigenvalue weighted by Gasteiger charge is -2.29. The number of fused-ring (bicyclic) bond motifs is 1. The van der Waals surface area contributed by atoms with Gasteiger partial charge >= 0.3 is 0 Å². The molecule has 2 aromatic rings. The topological polar surface area (TPSA) is 23.8 Å². The molecule has 4 heteroatoms. The van der Waals surface area contributed by atoms with Gasteiger partial charge in [0.25, 0.3) is 0 Å². The van der Waals surface area contributed by atoms with Gasteiger partial charge in [-0.15, -0.1) is 0 Å². The smallest absolute Gasteiger partial charge is 0.147 e.